The molecule has 0 bridgehead atoms. The quantitative estimate of drug-likeness (QED) is 0.263. The Hall–Kier alpha value is -2.97. The van der Waals surface area contributed by atoms with Crippen molar-refractivity contribution in [3.05, 3.63) is 86.9 Å². The van der Waals surface area contributed by atoms with Gasteiger partial charge in [0.05, 0.1) is 21.2 Å². The highest BCUT2D eigenvalue weighted by atomic mass is 79.9. The van der Waals surface area contributed by atoms with Crippen LogP contribution in [-0.2, 0) is 4.79 Å². The molecular weight excluding hydrogens is 454 g/mol. The lowest BCUT2D eigenvalue weighted by Gasteiger charge is -2.10. The molecule has 0 unspecified atom stereocenters. The Morgan fingerprint density at radius 2 is 1.90 bits per heavy atom. The maximum Gasteiger partial charge on any atom is 0.283 e. The third-order valence-electron chi connectivity index (χ3n) is 3.77. The van der Waals surface area contributed by atoms with Crippen molar-refractivity contribution in [1.82, 2.24) is 0 Å². The van der Waals surface area contributed by atoms with Gasteiger partial charge in [0.2, 0.25) is 5.91 Å². The van der Waals surface area contributed by atoms with Gasteiger partial charge in [-0.2, -0.15) is 0 Å². The number of hydrogen-bond donors (Lipinski definition) is 1. The number of benzene rings is 3. The largest absolute Gasteiger partial charge is 0.325 e. The van der Waals surface area contributed by atoms with Crippen LogP contribution in [0.3, 0.4) is 0 Å². The Balaban J connectivity index is 1.89. The molecule has 0 aromatic heterocycles. The minimum Gasteiger partial charge on any atom is -0.325 e. The van der Waals surface area contributed by atoms with Gasteiger partial charge in [-0.15, -0.1) is 0 Å². The van der Waals surface area contributed by atoms with Crippen LogP contribution in [0.5, 0.6) is 0 Å². The molecule has 8 heteroatoms. The molecule has 6 nitrogen and oxygen atoms in total. The van der Waals surface area contributed by atoms with Gasteiger partial charge in [-0.1, -0.05) is 52.0 Å². The van der Waals surface area contributed by atoms with Crippen molar-refractivity contribution in [1.29, 1.82) is 0 Å². The molecule has 3 aromatic rings. The highest BCUT2D eigenvalue weighted by Gasteiger charge is 2.17. The number of nitrogens with zero attached hydrogens (tertiary/aromatic N) is 2. The number of carbonyl (C=O) groups excluding carboxylic acids is 1. The van der Waals surface area contributed by atoms with Crippen molar-refractivity contribution in [2.45, 2.75) is 16.7 Å². The van der Waals surface area contributed by atoms with E-state index in [0.717, 1.165) is 15.1 Å². The van der Waals surface area contributed by atoms with Crippen LogP contribution in [0, 0.1) is 10.1 Å². The van der Waals surface area contributed by atoms with E-state index in [0.29, 0.717) is 16.1 Å². The highest BCUT2D eigenvalue weighted by Crippen LogP contribution is 2.38. The maximum atomic E-state index is 11.6. The summed E-state index contributed by atoms with van der Waals surface area (Å²) in [4.78, 5) is 28.2. The summed E-state index contributed by atoms with van der Waals surface area (Å²) in [6.45, 7) is 1.42. The molecule has 0 heterocycles. The molecule has 0 radical (unpaired) electrons. The number of para-hydroxylation sites is 1. The average Bonchev–Trinajstić information content (AvgIpc) is 2.68. The molecule has 0 aliphatic heterocycles. The van der Waals surface area contributed by atoms with Crippen LogP contribution in [-0.4, -0.2) is 17.0 Å². The number of nitro groups is 1. The minimum atomic E-state index is -0.417. The number of nitrogens with one attached hydrogen (secondary N) is 1. The lowest BCUT2D eigenvalue weighted by atomic mass is 10.2. The molecule has 0 aliphatic rings. The first-order valence-corrected chi connectivity index (χ1v) is 10.2. The predicted molar refractivity (Wildman–Crippen MR) is 119 cm³/mol. The molecule has 0 fully saturated rings. The van der Waals surface area contributed by atoms with Gasteiger partial charge in [-0.05, 0) is 42.0 Å². The number of amides is 1. The second-order valence-corrected chi connectivity index (χ2v) is 8.00. The average molecular weight is 470 g/mol. The zero-order valence-corrected chi connectivity index (χ0v) is 17.7. The van der Waals surface area contributed by atoms with Gasteiger partial charge in [-0.25, -0.2) is 0 Å². The zero-order chi connectivity index (χ0) is 20.8. The van der Waals surface area contributed by atoms with E-state index in [4.69, 9.17) is 0 Å². The highest BCUT2D eigenvalue weighted by molar-refractivity contribution is 9.10. The Morgan fingerprint density at radius 3 is 2.62 bits per heavy atom. The molecular formula is C21H16BrN3O3S. The summed E-state index contributed by atoms with van der Waals surface area (Å²) in [5, 5.41) is 14.4. The van der Waals surface area contributed by atoms with E-state index in [1.807, 2.05) is 36.4 Å². The molecule has 1 N–H and O–H groups in total. The van der Waals surface area contributed by atoms with E-state index in [2.05, 4.69) is 26.2 Å². The lowest BCUT2D eigenvalue weighted by molar-refractivity contribution is -0.387. The molecule has 3 rings (SSSR count). The van der Waals surface area contributed by atoms with Gasteiger partial charge in [0.15, 0.2) is 0 Å². The SMILES string of the molecule is CC(=O)Nc1ccccc1Sc1ccc(C=Nc2cccc(Br)c2)cc1[N+](=O)[O-]. The van der Waals surface area contributed by atoms with E-state index >= 15 is 0 Å². The predicted octanol–water partition coefficient (Wildman–Crippen LogP) is 6.22. The summed E-state index contributed by atoms with van der Waals surface area (Å²) in [5.74, 6) is -0.202. The van der Waals surface area contributed by atoms with Gasteiger partial charge in [-0.3, -0.25) is 19.9 Å². The smallest absolute Gasteiger partial charge is 0.283 e. The monoisotopic (exact) mass is 469 g/mol. The Bertz CT molecular complexity index is 1100. The van der Waals surface area contributed by atoms with E-state index < -0.39 is 4.92 Å². The zero-order valence-electron chi connectivity index (χ0n) is 15.3. The first-order valence-electron chi connectivity index (χ1n) is 8.55. The van der Waals surface area contributed by atoms with Gasteiger partial charge < -0.3 is 5.32 Å². The van der Waals surface area contributed by atoms with Crippen molar-refractivity contribution in [2.75, 3.05) is 5.32 Å². The normalized spacial score (nSPS) is 10.8. The molecule has 3 aromatic carbocycles. The van der Waals surface area contributed by atoms with E-state index in [1.54, 1.807) is 30.5 Å². The number of anilines is 1. The van der Waals surface area contributed by atoms with Gasteiger partial charge >= 0.3 is 0 Å². The van der Waals surface area contributed by atoms with E-state index in [-0.39, 0.29) is 11.6 Å². The Kier molecular flexibility index (Phi) is 6.79. The van der Waals surface area contributed by atoms with Crippen LogP contribution in [0.2, 0.25) is 0 Å². The Morgan fingerprint density at radius 1 is 1.10 bits per heavy atom. The van der Waals surface area contributed by atoms with Crippen LogP contribution in [0.25, 0.3) is 0 Å². The van der Waals surface area contributed by atoms with Gasteiger partial charge in [0.25, 0.3) is 5.69 Å². The third kappa shape index (κ3) is 5.75. The fraction of sp³-hybridized carbons (Fsp3) is 0.0476. The fourth-order valence-corrected chi connectivity index (χ4v) is 3.89. The topological polar surface area (TPSA) is 84.6 Å². The van der Waals surface area contributed by atoms with Crippen molar-refractivity contribution in [3.8, 4) is 0 Å². The van der Waals surface area contributed by atoms with E-state index in [9.17, 15) is 14.9 Å². The molecule has 0 saturated heterocycles. The van der Waals surface area contributed by atoms with E-state index in [1.165, 1.54) is 24.8 Å². The van der Waals surface area contributed by atoms with Crippen molar-refractivity contribution in [2.24, 2.45) is 4.99 Å². The second kappa shape index (κ2) is 9.49. The molecule has 0 saturated carbocycles. The van der Waals surface area contributed by atoms with Gasteiger partial charge in [0.1, 0.15) is 0 Å². The minimum absolute atomic E-state index is 0.0224. The molecule has 29 heavy (non-hydrogen) atoms. The number of aliphatic imine (C=N–C) groups is 1. The van der Waals surface area contributed by atoms with Crippen molar-refractivity contribution in [3.63, 3.8) is 0 Å². The summed E-state index contributed by atoms with van der Waals surface area (Å²) >= 11 is 4.62. The molecule has 0 spiro atoms. The standard InChI is InChI=1S/C21H16BrN3O3S/c1-14(26)24-18-7-2-3-8-20(18)29-21-10-9-15(11-19(21)25(27)28)13-23-17-6-4-5-16(22)12-17/h2-13H,1H3,(H,24,26). The van der Waals surface area contributed by atoms with Gasteiger partial charge in [0, 0.05) is 28.6 Å². The van der Waals surface area contributed by atoms with Crippen LogP contribution >= 0.6 is 27.7 Å². The number of rotatable bonds is 6. The first kappa shape index (κ1) is 20.8. The molecule has 0 aliphatic carbocycles. The maximum absolute atomic E-state index is 11.6. The van der Waals surface area contributed by atoms with Crippen LogP contribution in [0.4, 0.5) is 17.1 Å². The third-order valence-corrected chi connectivity index (χ3v) is 5.40. The fourth-order valence-electron chi connectivity index (χ4n) is 2.52. The summed E-state index contributed by atoms with van der Waals surface area (Å²) < 4.78 is 0.905. The summed E-state index contributed by atoms with van der Waals surface area (Å²) in [6, 6.07) is 19.6. The number of nitro benzene ring substituents is 1. The van der Waals surface area contributed by atoms with Crippen LogP contribution < -0.4 is 5.32 Å². The summed E-state index contributed by atoms with van der Waals surface area (Å²) in [6.07, 6.45) is 1.59. The van der Waals surface area contributed by atoms with Crippen molar-refractivity contribution < 1.29 is 9.72 Å². The number of hydrogen-bond acceptors (Lipinski definition) is 5. The molecule has 0 atom stereocenters. The summed E-state index contributed by atoms with van der Waals surface area (Å²) in [7, 11) is 0. The summed E-state index contributed by atoms with van der Waals surface area (Å²) in [5.41, 5.74) is 1.95. The molecule has 146 valence electrons. The lowest BCUT2D eigenvalue weighted by Crippen LogP contribution is -2.06. The molecule has 1 amide bonds. The van der Waals surface area contributed by atoms with Crippen molar-refractivity contribution >= 4 is 56.9 Å². The Labute approximate surface area is 180 Å². The number of halogens is 1. The second-order valence-electron chi connectivity index (χ2n) is 6.00. The van der Waals surface area contributed by atoms with Crippen LogP contribution in [0.15, 0.2) is 86.0 Å². The van der Waals surface area contributed by atoms with Crippen LogP contribution in [0.1, 0.15) is 12.5 Å². The number of carbonyl (C=O) groups is 1. The first-order chi connectivity index (χ1) is 13.9.